The van der Waals surface area contributed by atoms with Crippen molar-refractivity contribution >= 4 is 18.5 Å². The monoisotopic (exact) mass is 244 g/mol. The van der Waals surface area contributed by atoms with Gasteiger partial charge in [-0.1, -0.05) is 0 Å². The predicted molar refractivity (Wildman–Crippen MR) is 55.6 cm³/mol. The Morgan fingerprint density at radius 3 is 1.86 bits per heavy atom. The van der Waals surface area contributed by atoms with Gasteiger partial charge >= 0.3 is 0 Å². The molecule has 0 rings (SSSR count). The molecule has 0 unspecified atom stereocenters. The van der Waals surface area contributed by atoms with Crippen LogP contribution >= 0.6 is 8.38 Å². The normalized spacial score (nSPS) is 12.3. The molecule has 7 heteroatoms. The second kappa shape index (κ2) is 7.54. The highest BCUT2D eigenvalue weighted by Crippen LogP contribution is 2.39. The molecule has 5 nitrogen and oxygen atoms in total. The van der Waals surface area contributed by atoms with E-state index >= 15 is 0 Å². The largest absolute Gasteiger partial charge is 0.334 e. The lowest BCUT2D eigenvalue weighted by atomic mass is 10.9. The van der Waals surface area contributed by atoms with Gasteiger partial charge in [-0.3, -0.25) is 4.18 Å². The lowest BCUT2D eigenvalue weighted by Gasteiger charge is -2.14. The molecule has 0 amide bonds. The Kier molecular flexibility index (Phi) is 7.68. The molecule has 0 aliphatic carbocycles. The molecule has 0 fully saturated rings. The second-order valence-corrected chi connectivity index (χ2v) is 5.83. The van der Waals surface area contributed by atoms with Crippen LogP contribution in [0.3, 0.4) is 0 Å². The molecule has 0 aliphatic heterocycles. The summed E-state index contributed by atoms with van der Waals surface area (Å²) in [4.78, 5) is 0. The van der Waals surface area contributed by atoms with Gasteiger partial charge in [0.1, 0.15) is 5.49 Å². The fourth-order valence-corrected chi connectivity index (χ4v) is 3.68. The molecule has 0 aromatic carbocycles. The van der Waals surface area contributed by atoms with Crippen LogP contribution in [-0.2, 0) is 23.3 Å². The SMILES string of the molecule is CCOP(CS(=O)(=O)OCC)OCC. The Labute approximate surface area is 86.8 Å². The van der Waals surface area contributed by atoms with Crippen molar-refractivity contribution < 1.29 is 21.6 Å². The van der Waals surface area contributed by atoms with Gasteiger partial charge in [-0.05, 0) is 20.8 Å². The summed E-state index contributed by atoms with van der Waals surface area (Å²) in [6, 6.07) is 0. The first kappa shape index (κ1) is 14.3. The summed E-state index contributed by atoms with van der Waals surface area (Å²) in [5, 5.41) is 0. The fourth-order valence-electron chi connectivity index (χ4n) is 0.746. The lowest BCUT2D eigenvalue weighted by Crippen LogP contribution is -2.11. The van der Waals surface area contributed by atoms with Crippen molar-refractivity contribution in [2.45, 2.75) is 20.8 Å². The highest BCUT2D eigenvalue weighted by Gasteiger charge is 2.20. The maximum atomic E-state index is 11.2. The van der Waals surface area contributed by atoms with E-state index in [1.807, 2.05) is 0 Å². The summed E-state index contributed by atoms with van der Waals surface area (Å²) in [5.41, 5.74) is -0.197. The first-order valence-corrected chi connectivity index (χ1v) is 7.40. The van der Waals surface area contributed by atoms with Crippen LogP contribution in [0.1, 0.15) is 20.8 Å². The second-order valence-electron chi connectivity index (χ2n) is 2.26. The third kappa shape index (κ3) is 6.68. The van der Waals surface area contributed by atoms with E-state index in [4.69, 9.17) is 9.05 Å². The lowest BCUT2D eigenvalue weighted by molar-refractivity contribution is 0.270. The molecule has 0 bridgehead atoms. The van der Waals surface area contributed by atoms with E-state index in [-0.39, 0.29) is 12.1 Å². The summed E-state index contributed by atoms with van der Waals surface area (Å²) >= 11 is 0. The van der Waals surface area contributed by atoms with E-state index in [0.29, 0.717) is 13.2 Å². The van der Waals surface area contributed by atoms with Gasteiger partial charge in [0.05, 0.1) is 19.8 Å². The Hall–Kier alpha value is 0.260. The van der Waals surface area contributed by atoms with E-state index in [2.05, 4.69) is 4.18 Å². The van der Waals surface area contributed by atoms with Crippen molar-refractivity contribution in [1.29, 1.82) is 0 Å². The summed E-state index contributed by atoms with van der Waals surface area (Å²) in [5.74, 6) is 0. The zero-order valence-electron chi connectivity index (χ0n) is 8.73. The van der Waals surface area contributed by atoms with Gasteiger partial charge in [0, 0.05) is 0 Å². The van der Waals surface area contributed by atoms with Gasteiger partial charge in [-0.2, -0.15) is 8.42 Å². The fraction of sp³-hybridized carbons (Fsp3) is 1.00. The molecular weight excluding hydrogens is 227 g/mol. The molecule has 86 valence electrons. The summed E-state index contributed by atoms with van der Waals surface area (Å²) in [6.07, 6.45) is 0. The van der Waals surface area contributed by atoms with Gasteiger partial charge < -0.3 is 9.05 Å². The minimum Gasteiger partial charge on any atom is -0.334 e. The predicted octanol–water partition coefficient (Wildman–Crippen LogP) is 1.70. The van der Waals surface area contributed by atoms with Crippen LogP contribution in [0.5, 0.6) is 0 Å². The molecule has 0 aromatic rings. The number of rotatable bonds is 8. The van der Waals surface area contributed by atoms with E-state index < -0.39 is 18.5 Å². The maximum absolute atomic E-state index is 11.2. The molecule has 0 N–H and O–H groups in total. The molecule has 0 heterocycles. The smallest absolute Gasteiger partial charge is 0.275 e. The molecule has 0 saturated heterocycles. The average molecular weight is 244 g/mol. The molecule has 0 aromatic heterocycles. The van der Waals surface area contributed by atoms with Crippen LogP contribution in [0, 0.1) is 0 Å². The van der Waals surface area contributed by atoms with Crippen LogP contribution in [0.2, 0.25) is 0 Å². The minimum atomic E-state index is -3.50. The Morgan fingerprint density at radius 2 is 1.50 bits per heavy atom. The first-order valence-electron chi connectivity index (χ1n) is 4.46. The molecule has 0 radical (unpaired) electrons. The molecule has 14 heavy (non-hydrogen) atoms. The summed E-state index contributed by atoms with van der Waals surface area (Å²) < 4.78 is 37.3. The van der Waals surface area contributed by atoms with Gasteiger partial charge in [0.15, 0.2) is 8.38 Å². The van der Waals surface area contributed by atoms with Gasteiger partial charge in [-0.25, -0.2) is 0 Å². The molecule has 0 spiro atoms. The van der Waals surface area contributed by atoms with E-state index in [1.165, 1.54) is 0 Å². The third-order valence-corrected chi connectivity index (χ3v) is 4.90. The van der Waals surface area contributed by atoms with Crippen molar-refractivity contribution in [3.8, 4) is 0 Å². The quantitative estimate of drug-likeness (QED) is 0.480. The highest BCUT2D eigenvalue weighted by atomic mass is 32.2. The standard InChI is InChI=1S/C7H17O5PS/c1-4-10-13(11-5-2)7-14(8,9)12-6-3/h4-7H2,1-3H3. The molecule has 0 aliphatic rings. The third-order valence-electron chi connectivity index (χ3n) is 1.11. The highest BCUT2D eigenvalue weighted by molar-refractivity contribution is 7.92. The first-order chi connectivity index (χ1) is 6.55. The maximum Gasteiger partial charge on any atom is 0.275 e. The Morgan fingerprint density at radius 1 is 1.00 bits per heavy atom. The summed E-state index contributed by atoms with van der Waals surface area (Å²) in [6.45, 7) is 6.23. The van der Waals surface area contributed by atoms with Crippen LogP contribution in [0.4, 0.5) is 0 Å². The van der Waals surface area contributed by atoms with E-state index in [1.54, 1.807) is 20.8 Å². The zero-order chi connectivity index (χ0) is 11.0. The molecule has 0 saturated carbocycles. The van der Waals surface area contributed by atoms with Gasteiger partial charge in [0.25, 0.3) is 10.1 Å². The topological polar surface area (TPSA) is 61.8 Å². The van der Waals surface area contributed by atoms with Crippen molar-refractivity contribution in [2.75, 3.05) is 25.3 Å². The minimum absolute atomic E-state index is 0.143. The number of hydrogen-bond acceptors (Lipinski definition) is 5. The van der Waals surface area contributed by atoms with E-state index in [0.717, 1.165) is 0 Å². The van der Waals surface area contributed by atoms with Crippen LogP contribution in [-0.4, -0.2) is 33.7 Å². The van der Waals surface area contributed by atoms with Crippen molar-refractivity contribution in [3.05, 3.63) is 0 Å². The van der Waals surface area contributed by atoms with Crippen molar-refractivity contribution in [2.24, 2.45) is 0 Å². The Bertz CT molecular complexity index is 222. The molecule has 0 atom stereocenters. The van der Waals surface area contributed by atoms with Crippen molar-refractivity contribution in [1.82, 2.24) is 0 Å². The van der Waals surface area contributed by atoms with Crippen LogP contribution < -0.4 is 0 Å². The van der Waals surface area contributed by atoms with Crippen LogP contribution in [0.25, 0.3) is 0 Å². The zero-order valence-corrected chi connectivity index (χ0v) is 10.4. The molecular formula is C7H17O5PS. The van der Waals surface area contributed by atoms with Crippen molar-refractivity contribution in [3.63, 3.8) is 0 Å². The van der Waals surface area contributed by atoms with Crippen LogP contribution in [0.15, 0.2) is 0 Å². The van der Waals surface area contributed by atoms with Gasteiger partial charge in [0.2, 0.25) is 0 Å². The average Bonchev–Trinajstić information content (AvgIpc) is 2.03. The number of hydrogen-bond donors (Lipinski definition) is 0. The van der Waals surface area contributed by atoms with E-state index in [9.17, 15) is 8.42 Å². The van der Waals surface area contributed by atoms with Gasteiger partial charge in [-0.15, -0.1) is 0 Å². The summed E-state index contributed by atoms with van der Waals surface area (Å²) in [7, 11) is -4.87. The Balaban J connectivity index is 4.13.